The Hall–Kier alpha value is -1.96. The van der Waals surface area contributed by atoms with Crippen LogP contribution < -0.4 is 10.5 Å². The zero-order valence-electron chi connectivity index (χ0n) is 10.3. The first kappa shape index (κ1) is 11.1. The molecule has 1 saturated carbocycles. The van der Waals surface area contributed by atoms with Gasteiger partial charge in [0.15, 0.2) is 0 Å². The molecule has 0 aliphatic heterocycles. The largest absolute Gasteiger partial charge is 0.493 e. The average molecular weight is 239 g/mol. The summed E-state index contributed by atoms with van der Waals surface area (Å²) in [5, 5.41) is 0. The van der Waals surface area contributed by atoms with E-state index in [4.69, 9.17) is 10.5 Å². The number of hydrogen-bond acceptors (Lipinski definition) is 2. The second-order valence-electron chi connectivity index (χ2n) is 4.90. The highest BCUT2D eigenvalue weighted by atomic mass is 16.5. The molecule has 92 valence electrons. The fourth-order valence-corrected chi connectivity index (χ4v) is 2.35. The Morgan fingerprint density at radius 1 is 1.06 bits per heavy atom. The summed E-state index contributed by atoms with van der Waals surface area (Å²) in [6, 6.07) is 18.3. The summed E-state index contributed by atoms with van der Waals surface area (Å²) in [5.74, 6) is 2.19. The molecule has 1 aliphatic rings. The van der Waals surface area contributed by atoms with Crippen LogP contribution in [-0.2, 0) is 0 Å². The molecule has 0 radical (unpaired) electrons. The zero-order valence-corrected chi connectivity index (χ0v) is 10.3. The first-order valence-electron chi connectivity index (χ1n) is 6.36. The molecule has 2 N–H and O–H groups in total. The van der Waals surface area contributed by atoms with Crippen LogP contribution in [0.1, 0.15) is 17.9 Å². The van der Waals surface area contributed by atoms with Gasteiger partial charge in [-0.1, -0.05) is 36.4 Å². The molecule has 1 aliphatic carbocycles. The van der Waals surface area contributed by atoms with E-state index in [9.17, 15) is 0 Å². The second kappa shape index (κ2) is 4.73. The normalized spacial score (nSPS) is 21.6. The molecule has 2 aromatic carbocycles. The number of ether oxygens (including phenoxy) is 1. The summed E-state index contributed by atoms with van der Waals surface area (Å²) < 4.78 is 5.78. The number of nitrogens with two attached hydrogens (primary N) is 1. The van der Waals surface area contributed by atoms with E-state index >= 15 is 0 Å². The lowest BCUT2D eigenvalue weighted by Gasteiger charge is -2.06. The number of anilines is 1. The summed E-state index contributed by atoms with van der Waals surface area (Å²) in [7, 11) is 0. The maximum absolute atomic E-state index is 5.78. The minimum absolute atomic E-state index is 0.647. The van der Waals surface area contributed by atoms with Gasteiger partial charge < -0.3 is 10.5 Å². The molecule has 3 rings (SSSR count). The van der Waals surface area contributed by atoms with Crippen molar-refractivity contribution in [1.82, 2.24) is 0 Å². The fraction of sp³-hybridized carbons (Fsp3) is 0.250. The van der Waals surface area contributed by atoms with E-state index in [-0.39, 0.29) is 0 Å². The summed E-state index contributed by atoms with van der Waals surface area (Å²) >= 11 is 0. The van der Waals surface area contributed by atoms with Crippen molar-refractivity contribution in [2.45, 2.75) is 12.3 Å². The molecular formula is C16H17NO. The van der Waals surface area contributed by atoms with Gasteiger partial charge in [-0.05, 0) is 30.0 Å². The topological polar surface area (TPSA) is 35.2 Å². The van der Waals surface area contributed by atoms with Gasteiger partial charge in [0.1, 0.15) is 5.75 Å². The average Bonchev–Trinajstić information content (AvgIpc) is 3.17. The molecule has 0 bridgehead atoms. The van der Waals surface area contributed by atoms with Crippen LogP contribution >= 0.6 is 0 Å². The minimum Gasteiger partial charge on any atom is -0.493 e. The first-order chi connectivity index (χ1) is 8.83. The van der Waals surface area contributed by atoms with Crippen molar-refractivity contribution in [2.75, 3.05) is 12.3 Å². The maximum atomic E-state index is 5.78. The molecule has 0 heterocycles. The van der Waals surface area contributed by atoms with Crippen LogP contribution in [0, 0.1) is 5.92 Å². The molecule has 0 amide bonds. The van der Waals surface area contributed by atoms with E-state index < -0.39 is 0 Å². The summed E-state index contributed by atoms with van der Waals surface area (Å²) in [4.78, 5) is 0. The molecule has 2 atom stereocenters. The Labute approximate surface area is 107 Å². The van der Waals surface area contributed by atoms with Crippen LogP contribution in [0.25, 0.3) is 0 Å². The highest BCUT2D eigenvalue weighted by Crippen LogP contribution is 2.47. The molecule has 0 aromatic heterocycles. The van der Waals surface area contributed by atoms with Crippen LogP contribution in [-0.4, -0.2) is 6.61 Å². The predicted molar refractivity (Wildman–Crippen MR) is 73.6 cm³/mol. The van der Waals surface area contributed by atoms with Crippen LogP contribution in [0.4, 0.5) is 5.69 Å². The van der Waals surface area contributed by atoms with Crippen molar-refractivity contribution in [3.63, 3.8) is 0 Å². The fourth-order valence-electron chi connectivity index (χ4n) is 2.35. The Bertz CT molecular complexity index is 524. The van der Waals surface area contributed by atoms with E-state index in [1.807, 2.05) is 24.3 Å². The van der Waals surface area contributed by atoms with Gasteiger partial charge in [-0.25, -0.2) is 0 Å². The van der Waals surface area contributed by atoms with E-state index in [2.05, 4.69) is 30.3 Å². The van der Waals surface area contributed by atoms with Crippen molar-refractivity contribution in [3.05, 3.63) is 60.2 Å². The van der Waals surface area contributed by atoms with Gasteiger partial charge in [-0.3, -0.25) is 0 Å². The van der Waals surface area contributed by atoms with Crippen LogP contribution in [0.3, 0.4) is 0 Å². The third-order valence-corrected chi connectivity index (χ3v) is 3.47. The monoisotopic (exact) mass is 239 g/mol. The van der Waals surface area contributed by atoms with Crippen molar-refractivity contribution in [3.8, 4) is 5.75 Å². The van der Waals surface area contributed by atoms with Gasteiger partial charge in [0.05, 0.1) is 6.61 Å². The summed E-state index contributed by atoms with van der Waals surface area (Å²) in [6.45, 7) is 0.781. The van der Waals surface area contributed by atoms with Crippen molar-refractivity contribution in [2.24, 2.45) is 5.92 Å². The molecule has 2 unspecified atom stereocenters. The number of nitrogen functional groups attached to an aromatic ring is 1. The minimum atomic E-state index is 0.647. The third-order valence-electron chi connectivity index (χ3n) is 3.47. The summed E-state index contributed by atoms with van der Waals surface area (Å²) in [5.41, 5.74) is 7.90. The molecule has 2 heteroatoms. The second-order valence-corrected chi connectivity index (χ2v) is 4.90. The molecule has 0 saturated heterocycles. The van der Waals surface area contributed by atoms with Crippen LogP contribution in [0.5, 0.6) is 5.75 Å². The molecule has 2 aromatic rings. The number of rotatable bonds is 4. The van der Waals surface area contributed by atoms with E-state index in [0.717, 1.165) is 18.0 Å². The third kappa shape index (κ3) is 2.48. The van der Waals surface area contributed by atoms with Gasteiger partial charge in [-0.15, -0.1) is 0 Å². The Morgan fingerprint density at radius 3 is 2.67 bits per heavy atom. The first-order valence-corrected chi connectivity index (χ1v) is 6.36. The van der Waals surface area contributed by atoms with Crippen LogP contribution in [0.15, 0.2) is 54.6 Å². The molecular weight excluding hydrogens is 222 g/mol. The standard InChI is InChI=1S/C16H17NO/c17-14-7-4-8-15(10-14)18-11-13-9-16(13)12-5-2-1-3-6-12/h1-8,10,13,16H,9,11,17H2. The number of hydrogen-bond donors (Lipinski definition) is 1. The van der Waals surface area contributed by atoms with E-state index in [0.29, 0.717) is 11.8 Å². The lowest BCUT2D eigenvalue weighted by molar-refractivity contribution is 0.297. The summed E-state index contributed by atoms with van der Waals surface area (Å²) in [6.07, 6.45) is 1.23. The molecule has 2 nitrogen and oxygen atoms in total. The van der Waals surface area contributed by atoms with Gasteiger partial charge in [0.25, 0.3) is 0 Å². The Morgan fingerprint density at radius 2 is 1.89 bits per heavy atom. The van der Waals surface area contributed by atoms with Gasteiger partial charge in [0, 0.05) is 17.7 Å². The lowest BCUT2D eigenvalue weighted by Crippen LogP contribution is -2.01. The van der Waals surface area contributed by atoms with Crippen molar-refractivity contribution >= 4 is 5.69 Å². The zero-order chi connectivity index (χ0) is 12.4. The van der Waals surface area contributed by atoms with Gasteiger partial charge in [-0.2, -0.15) is 0 Å². The highest BCUT2D eigenvalue weighted by molar-refractivity contribution is 5.43. The van der Waals surface area contributed by atoms with E-state index in [1.165, 1.54) is 12.0 Å². The van der Waals surface area contributed by atoms with Crippen LogP contribution in [0.2, 0.25) is 0 Å². The van der Waals surface area contributed by atoms with Crippen molar-refractivity contribution in [1.29, 1.82) is 0 Å². The Balaban J connectivity index is 1.55. The van der Waals surface area contributed by atoms with Gasteiger partial charge in [0.2, 0.25) is 0 Å². The maximum Gasteiger partial charge on any atom is 0.121 e. The Kier molecular flexibility index (Phi) is 2.93. The smallest absolute Gasteiger partial charge is 0.121 e. The SMILES string of the molecule is Nc1cccc(OCC2CC2c2ccccc2)c1. The van der Waals surface area contributed by atoms with Gasteiger partial charge >= 0.3 is 0 Å². The van der Waals surface area contributed by atoms with Crippen molar-refractivity contribution < 1.29 is 4.74 Å². The lowest BCUT2D eigenvalue weighted by atomic mass is 10.1. The molecule has 1 fully saturated rings. The molecule has 0 spiro atoms. The highest BCUT2D eigenvalue weighted by Gasteiger charge is 2.38. The molecule has 18 heavy (non-hydrogen) atoms. The quantitative estimate of drug-likeness (QED) is 0.829. The van der Waals surface area contributed by atoms with E-state index in [1.54, 1.807) is 0 Å². The predicted octanol–water partition coefficient (Wildman–Crippen LogP) is 3.45. The number of benzene rings is 2.